The first-order valence-electron chi connectivity index (χ1n) is 14.2. The average molecular weight is 599 g/mol. The minimum atomic E-state index is -4.40. The van der Waals surface area contributed by atoms with Gasteiger partial charge in [-0.1, -0.05) is 60.1 Å². The monoisotopic (exact) mass is 598 g/mol. The summed E-state index contributed by atoms with van der Waals surface area (Å²) >= 11 is 6.24. The zero-order valence-electron chi connectivity index (χ0n) is 23.6. The van der Waals surface area contributed by atoms with Crippen molar-refractivity contribution in [3.05, 3.63) is 107 Å². The van der Waals surface area contributed by atoms with Crippen LogP contribution < -0.4 is 5.32 Å². The number of ether oxygens (including phenoxy) is 2. The smallest absolute Gasteiger partial charge is 0.416 e. The second-order valence-electron chi connectivity index (χ2n) is 10.9. The number of carbonyl (C=O) groups excluding carboxylic acids is 1. The first-order valence-corrected chi connectivity index (χ1v) is 14.5. The fraction of sp³-hybridized carbons (Fsp3) is 0.364. The van der Waals surface area contributed by atoms with Gasteiger partial charge in [0.1, 0.15) is 12.5 Å². The van der Waals surface area contributed by atoms with Crippen molar-refractivity contribution in [2.45, 2.75) is 51.1 Å². The van der Waals surface area contributed by atoms with Crippen LogP contribution in [-0.2, 0) is 21.4 Å². The van der Waals surface area contributed by atoms with E-state index in [-0.39, 0.29) is 17.9 Å². The molecule has 42 heavy (non-hydrogen) atoms. The van der Waals surface area contributed by atoms with Gasteiger partial charge in [0.25, 0.3) is 11.7 Å². The molecule has 1 unspecified atom stereocenters. The molecule has 0 spiro atoms. The summed E-state index contributed by atoms with van der Waals surface area (Å²) in [5.41, 5.74) is 2.90. The van der Waals surface area contributed by atoms with Crippen LogP contribution in [0.2, 0.25) is 5.02 Å². The SMILES string of the molecule is Cc1cccc(Cl)c1C(=O)NCCC(C)N1CCC(C2(c3ccccc3-c3ccc(C(F)(F)F)cc3)OC=CO2)CC1. The third-order valence-electron chi connectivity index (χ3n) is 8.35. The van der Waals surface area contributed by atoms with Gasteiger partial charge in [-0.15, -0.1) is 0 Å². The summed E-state index contributed by atoms with van der Waals surface area (Å²) in [7, 11) is 0. The van der Waals surface area contributed by atoms with Gasteiger partial charge in [-0.2, -0.15) is 13.2 Å². The summed E-state index contributed by atoms with van der Waals surface area (Å²) in [6.45, 7) is 6.20. The molecular weight excluding hydrogens is 565 g/mol. The van der Waals surface area contributed by atoms with Crippen LogP contribution in [0, 0.1) is 12.8 Å². The normalized spacial score (nSPS) is 17.9. The average Bonchev–Trinajstić information content (AvgIpc) is 3.48. The van der Waals surface area contributed by atoms with E-state index in [0.717, 1.165) is 61.2 Å². The predicted molar refractivity (Wildman–Crippen MR) is 157 cm³/mol. The Labute approximate surface area is 249 Å². The van der Waals surface area contributed by atoms with E-state index >= 15 is 0 Å². The van der Waals surface area contributed by atoms with Gasteiger partial charge in [-0.05, 0) is 81.1 Å². The summed E-state index contributed by atoms with van der Waals surface area (Å²) in [5.74, 6) is -1.20. The molecule has 5 rings (SSSR count). The van der Waals surface area contributed by atoms with Gasteiger partial charge in [0, 0.05) is 24.1 Å². The van der Waals surface area contributed by atoms with Gasteiger partial charge in [-0.3, -0.25) is 4.79 Å². The lowest BCUT2D eigenvalue weighted by atomic mass is 9.80. The molecule has 9 heteroatoms. The number of rotatable bonds is 8. The highest BCUT2D eigenvalue weighted by molar-refractivity contribution is 6.34. The van der Waals surface area contributed by atoms with Crippen molar-refractivity contribution in [2.75, 3.05) is 19.6 Å². The molecule has 3 aromatic rings. The van der Waals surface area contributed by atoms with Gasteiger partial charge in [0.05, 0.1) is 16.1 Å². The first-order chi connectivity index (χ1) is 20.1. The van der Waals surface area contributed by atoms with Gasteiger partial charge in [0.15, 0.2) is 0 Å². The number of carbonyl (C=O) groups is 1. The second kappa shape index (κ2) is 12.4. The Morgan fingerprint density at radius 1 is 1.02 bits per heavy atom. The molecule has 2 heterocycles. The largest absolute Gasteiger partial charge is 0.452 e. The molecule has 3 aromatic carbocycles. The number of nitrogens with one attached hydrogen (secondary N) is 1. The van der Waals surface area contributed by atoms with E-state index in [0.29, 0.717) is 22.7 Å². The predicted octanol–water partition coefficient (Wildman–Crippen LogP) is 7.93. The quantitative estimate of drug-likeness (QED) is 0.286. The molecule has 0 aliphatic carbocycles. The molecule has 1 atom stereocenters. The Hall–Kier alpha value is -3.49. The number of aryl methyl sites for hydroxylation is 1. The van der Waals surface area contributed by atoms with Gasteiger partial charge in [0.2, 0.25) is 0 Å². The molecule has 0 aromatic heterocycles. The molecule has 1 N–H and O–H groups in total. The number of likely N-dealkylation sites (tertiary alicyclic amines) is 1. The molecule has 2 aliphatic rings. The maximum Gasteiger partial charge on any atom is 0.416 e. The van der Waals surface area contributed by atoms with Crippen molar-refractivity contribution >= 4 is 17.5 Å². The second-order valence-corrected chi connectivity index (χ2v) is 11.3. The van der Waals surface area contributed by atoms with Gasteiger partial charge >= 0.3 is 6.18 Å². The summed E-state index contributed by atoms with van der Waals surface area (Å²) in [5, 5.41) is 3.45. The number of benzene rings is 3. The number of halogens is 4. The fourth-order valence-electron chi connectivity index (χ4n) is 6.01. The van der Waals surface area contributed by atoms with E-state index in [1.54, 1.807) is 18.6 Å². The molecule has 0 saturated carbocycles. The molecule has 2 aliphatic heterocycles. The summed E-state index contributed by atoms with van der Waals surface area (Å²) in [6, 6.07) is 18.4. The number of alkyl halides is 3. The number of amides is 1. The molecule has 5 nitrogen and oxygen atoms in total. The van der Waals surface area contributed by atoms with Crippen molar-refractivity contribution in [2.24, 2.45) is 5.92 Å². The van der Waals surface area contributed by atoms with Crippen molar-refractivity contribution in [1.29, 1.82) is 0 Å². The van der Waals surface area contributed by atoms with Crippen LogP contribution in [0.5, 0.6) is 0 Å². The van der Waals surface area contributed by atoms with E-state index in [1.807, 2.05) is 43.3 Å². The number of hydrogen-bond donors (Lipinski definition) is 1. The Morgan fingerprint density at radius 3 is 2.33 bits per heavy atom. The molecule has 0 bridgehead atoms. The molecule has 1 amide bonds. The van der Waals surface area contributed by atoms with Gasteiger partial charge in [-0.25, -0.2) is 0 Å². The highest BCUT2D eigenvalue weighted by atomic mass is 35.5. The van der Waals surface area contributed by atoms with E-state index in [2.05, 4.69) is 17.1 Å². The summed E-state index contributed by atoms with van der Waals surface area (Å²) < 4.78 is 51.9. The molecule has 1 saturated heterocycles. The standard InChI is InChI=1S/C33H34ClF3N2O3/c1-22-6-5-9-29(34)30(22)31(40)38-17-14-23(2)39-18-15-25(16-19-39)32(41-20-21-42-32)28-8-4-3-7-27(28)24-10-12-26(13-11-24)33(35,36)37/h3-13,20-21,23,25H,14-19H2,1-2H3,(H,38,40). The third-order valence-corrected chi connectivity index (χ3v) is 8.67. The minimum Gasteiger partial charge on any atom is -0.452 e. The Bertz CT molecular complexity index is 1400. The fourth-order valence-corrected chi connectivity index (χ4v) is 6.32. The lowest BCUT2D eigenvalue weighted by Gasteiger charge is -2.43. The van der Waals surface area contributed by atoms with Gasteiger partial charge < -0.3 is 19.7 Å². The zero-order chi connectivity index (χ0) is 29.9. The number of nitrogens with zero attached hydrogens (tertiary/aromatic N) is 1. The first kappa shape index (κ1) is 30.0. The molecule has 0 radical (unpaired) electrons. The van der Waals surface area contributed by atoms with Crippen LogP contribution >= 0.6 is 11.6 Å². The number of hydrogen-bond acceptors (Lipinski definition) is 4. The Kier molecular flexibility index (Phi) is 8.85. The highest BCUT2D eigenvalue weighted by Gasteiger charge is 2.48. The third kappa shape index (κ3) is 6.15. The molecule has 222 valence electrons. The molecular formula is C33H34ClF3N2O3. The topological polar surface area (TPSA) is 50.8 Å². The minimum absolute atomic E-state index is 0.0226. The van der Waals surface area contributed by atoms with Crippen LogP contribution in [0.1, 0.15) is 53.2 Å². The molecule has 1 fully saturated rings. The Balaban J connectivity index is 1.24. The Morgan fingerprint density at radius 2 is 1.69 bits per heavy atom. The maximum atomic E-state index is 13.2. The van der Waals surface area contributed by atoms with Crippen molar-refractivity contribution < 1.29 is 27.4 Å². The summed E-state index contributed by atoms with van der Waals surface area (Å²) in [6.07, 6.45) is 1.09. The van der Waals surface area contributed by atoms with Crippen molar-refractivity contribution in [3.63, 3.8) is 0 Å². The van der Waals surface area contributed by atoms with E-state index in [1.165, 1.54) is 12.1 Å². The van der Waals surface area contributed by atoms with Crippen LogP contribution in [0.4, 0.5) is 13.2 Å². The van der Waals surface area contributed by atoms with Crippen LogP contribution in [0.25, 0.3) is 11.1 Å². The number of piperidine rings is 1. The van der Waals surface area contributed by atoms with Crippen LogP contribution in [0.3, 0.4) is 0 Å². The summed E-state index contributed by atoms with van der Waals surface area (Å²) in [4.78, 5) is 15.1. The van der Waals surface area contributed by atoms with Crippen molar-refractivity contribution in [1.82, 2.24) is 10.2 Å². The lowest BCUT2D eigenvalue weighted by molar-refractivity contribution is -0.201. The van der Waals surface area contributed by atoms with Crippen LogP contribution in [-0.4, -0.2) is 36.5 Å². The highest BCUT2D eigenvalue weighted by Crippen LogP contribution is 2.47. The zero-order valence-corrected chi connectivity index (χ0v) is 24.3. The van der Waals surface area contributed by atoms with Crippen molar-refractivity contribution in [3.8, 4) is 11.1 Å². The lowest BCUT2D eigenvalue weighted by Crippen LogP contribution is -2.47. The van der Waals surface area contributed by atoms with E-state index < -0.39 is 17.5 Å². The van der Waals surface area contributed by atoms with Crippen LogP contribution in [0.15, 0.2) is 79.3 Å². The maximum absolute atomic E-state index is 13.2. The van der Waals surface area contributed by atoms with E-state index in [9.17, 15) is 18.0 Å². The van der Waals surface area contributed by atoms with E-state index in [4.69, 9.17) is 21.1 Å².